The molecule has 28 heavy (non-hydrogen) atoms. The summed E-state index contributed by atoms with van der Waals surface area (Å²) in [4.78, 5) is 28.1. The smallest absolute Gasteiger partial charge is 0.290 e. The first-order valence-corrected chi connectivity index (χ1v) is 9.70. The number of phenolic OH excluding ortho intramolecular Hbond substituents is 1. The van der Waals surface area contributed by atoms with Crippen LogP contribution in [0.25, 0.3) is 0 Å². The molecule has 4 unspecified atom stereocenters. The number of Topliss-reactive ketones (excluding diaryl/α,β-unsaturated/α-hetero) is 1. The Balaban J connectivity index is 1.81. The summed E-state index contributed by atoms with van der Waals surface area (Å²) in [6.45, 7) is 6.20. The van der Waals surface area contributed by atoms with Gasteiger partial charge in [0.05, 0.1) is 24.6 Å². The van der Waals surface area contributed by atoms with Crippen LogP contribution in [-0.2, 0) is 14.3 Å². The number of carbonyl (C=O) groups is 2. The quantitative estimate of drug-likeness (QED) is 0.809. The van der Waals surface area contributed by atoms with Crippen molar-refractivity contribution in [2.24, 2.45) is 11.8 Å². The van der Waals surface area contributed by atoms with Crippen molar-refractivity contribution >= 4 is 11.7 Å². The highest BCUT2D eigenvalue weighted by Crippen LogP contribution is 2.48. The molecule has 1 saturated carbocycles. The number of benzene rings is 1. The fraction of sp³-hybridized carbons (Fsp3) is 0.455. The molecule has 3 aliphatic rings. The molecule has 2 heterocycles. The number of nitrogens with zero attached hydrogens (tertiary/aromatic N) is 1. The Morgan fingerprint density at radius 3 is 2.86 bits per heavy atom. The number of hydrogen-bond acceptors (Lipinski definition) is 5. The molecule has 1 aromatic rings. The fourth-order valence-electron chi connectivity index (χ4n) is 4.66. The first kappa shape index (κ1) is 18.6. The molecule has 6 heteroatoms. The Morgan fingerprint density at radius 1 is 1.36 bits per heavy atom. The third-order valence-corrected chi connectivity index (χ3v) is 6.05. The minimum absolute atomic E-state index is 0.00689. The monoisotopic (exact) mass is 383 g/mol. The zero-order valence-corrected chi connectivity index (χ0v) is 16.2. The molecule has 2 aliphatic heterocycles. The van der Waals surface area contributed by atoms with E-state index in [1.165, 1.54) is 13.2 Å². The van der Waals surface area contributed by atoms with Crippen molar-refractivity contribution in [2.75, 3.05) is 13.7 Å². The molecular formula is C22H25NO5. The number of carbonyl (C=O) groups excluding carboxylic acids is 2. The van der Waals surface area contributed by atoms with Gasteiger partial charge in [-0.05, 0) is 42.9 Å². The van der Waals surface area contributed by atoms with Crippen molar-refractivity contribution in [1.82, 2.24) is 4.90 Å². The lowest BCUT2D eigenvalue weighted by Crippen LogP contribution is -2.41. The lowest BCUT2D eigenvalue weighted by molar-refractivity contribution is -0.135. The van der Waals surface area contributed by atoms with E-state index in [2.05, 4.69) is 13.5 Å². The van der Waals surface area contributed by atoms with Crippen LogP contribution in [0.15, 0.2) is 42.2 Å². The molecule has 1 aliphatic carbocycles. The number of amides is 1. The molecule has 1 amide bonds. The topological polar surface area (TPSA) is 76.1 Å². The molecule has 4 rings (SSSR count). The number of ketones is 1. The molecule has 148 valence electrons. The van der Waals surface area contributed by atoms with Crippen LogP contribution in [0, 0.1) is 11.8 Å². The van der Waals surface area contributed by atoms with Crippen LogP contribution < -0.4 is 4.74 Å². The number of hydrogen-bond donors (Lipinski definition) is 1. The van der Waals surface area contributed by atoms with Gasteiger partial charge in [-0.3, -0.25) is 9.59 Å². The number of aromatic hydroxyl groups is 1. The van der Waals surface area contributed by atoms with Gasteiger partial charge in [-0.2, -0.15) is 0 Å². The molecule has 0 bridgehead atoms. The number of ether oxygens (including phenoxy) is 2. The summed E-state index contributed by atoms with van der Waals surface area (Å²) >= 11 is 0. The lowest BCUT2D eigenvalue weighted by atomic mass is 9.74. The maximum Gasteiger partial charge on any atom is 0.290 e. The second kappa shape index (κ2) is 7.00. The zero-order valence-electron chi connectivity index (χ0n) is 16.2. The SMILES string of the molecule is C=CCN1C(=O)C2=C(C(=O)C3CC(C)CCC3O2)C1c1ccc(O)c(OC)c1. The van der Waals surface area contributed by atoms with Crippen molar-refractivity contribution in [3.63, 3.8) is 0 Å². The maximum atomic E-state index is 13.5. The van der Waals surface area contributed by atoms with E-state index in [1.807, 2.05) is 0 Å². The first-order valence-electron chi connectivity index (χ1n) is 9.70. The van der Waals surface area contributed by atoms with Crippen molar-refractivity contribution in [3.8, 4) is 11.5 Å². The van der Waals surface area contributed by atoms with Crippen LogP contribution in [0.5, 0.6) is 11.5 Å². The van der Waals surface area contributed by atoms with Crippen LogP contribution >= 0.6 is 0 Å². The Morgan fingerprint density at radius 2 is 2.14 bits per heavy atom. The van der Waals surface area contributed by atoms with Crippen molar-refractivity contribution in [2.45, 2.75) is 38.3 Å². The summed E-state index contributed by atoms with van der Waals surface area (Å²) in [6, 6.07) is 4.33. The third-order valence-electron chi connectivity index (χ3n) is 6.05. The number of methoxy groups -OCH3 is 1. The average molecular weight is 383 g/mol. The van der Waals surface area contributed by atoms with E-state index in [1.54, 1.807) is 23.1 Å². The van der Waals surface area contributed by atoms with Crippen LogP contribution in [0.3, 0.4) is 0 Å². The van der Waals surface area contributed by atoms with Crippen LogP contribution in [-0.4, -0.2) is 41.5 Å². The Bertz CT molecular complexity index is 874. The van der Waals surface area contributed by atoms with Gasteiger partial charge in [0.2, 0.25) is 0 Å². The van der Waals surface area contributed by atoms with E-state index >= 15 is 0 Å². The Labute approximate surface area is 164 Å². The molecule has 0 aromatic heterocycles. The van der Waals surface area contributed by atoms with Gasteiger partial charge < -0.3 is 19.5 Å². The van der Waals surface area contributed by atoms with Gasteiger partial charge >= 0.3 is 0 Å². The van der Waals surface area contributed by atoms with Gasteiger partial charge in [-0.15, -0.1) is 6.58 Å². The average Bonchev–Trinajstić information content (AvgIpc) is 2.96. The van der Waals surface area contributed by atoms with Gasteiger partial charge in [-0.25, -0.2) is 0 Å². The van der Waals surface area contributed by atoms with E-state index in [9.17, 15) is 14.7 Å². The Kier molecular flexibility index (Phi) is 4.65. The second-order valence-electron chi connectivity index (χ2n) is 7.87. The van der Waals surface area contributed by atoms with E-state index in [4.69, 9.17) is 9.47 Å². The lowest BCUT2D eigenvalue weighted by Gasteiger charge is -2.37. The molecule has 0 saturated heterocycles. The largest absolute Gasteiger partial charge is 0.504 e. The highest BCUT2D eigenvalue weighted by atomic mass is 16.5. The van der Waals surface area contributed by atoms with Gasteiger partial charge in [0, 0.05) is 6.54 Å². The van der Waals surface area contributed by atoms with Crippen molar-refractivity contribution in [1.29, 1.82) is 0 Å². The number of phenols is 1. The zero-order chi connectivity index (χ0) is 20.0. The second-order valence-corrected chi connectivity index (χ2v) is 7.87. The molecule has 4 atom stereocenters. The Hall–Kier alpha value is -2.76. The van der Waals surface area contributed by atoms with E-state index in [0.29, 0.717) is 29.3 Å². The minimum atomic E-state index is -0.569. The molecule has 1 N–H and O–H groups in total. The number of rotatable bonds is 4. The van der Waals surface area contributed by atoms with Crippen molar-refractivity contribution in [3.05, 3.63) is 47.7 Å². The van der Waals surface area contributed by atoms with Crippen molar-refractivity contribution < 1.29 is 24.2 Å². The highest BCUT2D eigenvalue weighted by molar-refractivity contribution is 6.11. The fourth-order valence-corrected chi connectivity index (χ4v) is 4.66. The standard InChI is InChI=1S/C22H25NO5/c1-4-9-23-19(13-6-7-15(24)17(11-13)27-3)18-20(25)14-10-12(2)5-8-16(14)28-21(18)22(23)26/h4,6-7,11-12,14,16,19,24H,1,5,8-10H2,2-3H3. The normalized spacial score (nSPS) is 29.3. The molecule has 0 spiro atoms. The van der Waals surface area contributed by atoms with E-state index in [-0.39, 0.29) is 35.2 Å². The summed E-state index contributed by atoms with van der Waals surface area (Å²) in [5, 5.41) is 9.94. The first-order chi connectivity index (χ1) is 13.5. The van der Waals surface area contributed by atoms with E-state index in [0.717, 1.165) is 19.3 Å². The summed E-state index contributed by atoms with van der Waals surface area (Å²) in [5.41, 5.74) is 1.13. The summed E-state index contributed by atoms with van der Waals surface area (Å²) in [6.07, 6.45) is 3.99. The third kappa shape index (κ3) is 2.79. The van der Waals surface area contributed by atoms with Gasteiger partial charge in [0.15, 0.2) is 23.0 Å². The molecule has 0 radical (unpaired) electrons. The predicted molar refractivity (Wildman–Crippen MR) is 103 cm³/mol. The van der Waals surface area contributed by atoms with Gasteiger partial charge in [-0.1, -0.05) is 19.1 Å². The molecule has 6 nitrogen and oxygen atoms in total. The van der Waals surface area contributed by atoms with Gasteiger partial charge in [0.25, 0.3) is 5.91 Å². The number of fused-ring (bicyclic) bond motifs is 1. The minimum Gasteiger partial charge on any atom is -0.504 e. The summed E-state index contributed by atoms with van der Waals surface area (Å²) in [5.74, 6) is 0.468. The predicted octanol–water partition coefficient (Wildman–Crippen LogP) is 3.13. The maximum absolute atomic E-state index is 13.5. The summed E-state index contributed by atoms with van der Waals surface area (Å²) < 4.78 is 11.3. The van der Waals surface area contributed by atoms with Gasteiger partial charge in [0.1, 0.15) is 6.10 Å². The highest BCUT2D eigenvalue weighted by Gasteiger charge is 2.52. The molecular weight excluding hydrogens is 358 g/mol. The van der Waals surface area contributed by atoms with E-state index < -0.39 is 6.04 Å². The summed E-state index contributed by atoms with van der Waals surface area (Å²) in [7, 11) is 1.47. The van der Waals surface area contributed by atoms with Crippen LogP contribution in [0.4, 0.5) is 0 Å². The van der Waals surface area contributed by atoms with Crippen LogP contribution in [0.2, 0.25) is 0 Å². The molecule has 1 aromatic carbocycles. The molecule has 1 fully saturated rings. The van der Waals surface area contributed by atoms with Crippen LogP contribution in [0.1, 0.15) is 37.8 Å².